The summed E-state index contributed by atoms with van der Waals surface area (Å²) in [6.07, 6.45) is 1.54. The minimum Gasteiger partial charge on any atom is -0.494 e. The Morgan fingerprint density at radius 3 is 2.67 bits per heavy atom. The van der Waals surface area contributed by atoms with Gasteiger partial charge in [0, 0.05) is 10.7 Å². The second kappa shape index (κ2) is 8.93. The highest BCUT2D eigenvalue weighted by Crippen LogP contribution is 2.19. The summed E-state index contributed by atoms with van der Waals surface area (Å²) in [4.78, 5) is 16.8. The minimum absolute atomic E-state index is 0.171. The van der Waals surface area contributed by atoms with Crippen LogP contribution in [0.25, 0.3) is 0 Å². The van der Waals surface area contributed by atoms with Crippen LogP contribution in [0, 0.1) is 6.92 Å². The smallest absolute Gasteiger partial charge is 0.265 e. The van der Waals surface area contributed by atoms with E-state index < -0.39 is 0 Å². The van der Waals surface area contributed by atoms with E-state index in [-0.39, 0.29) is 12.5 Å². The molecule has 0 unspecified atom stereocenters. The molecule has 2 aromatic carbocycles. The van der Waals surface area contributed by atoms with Crippen molar-refractivity contribution in [1.82, 2.24) is 0 Å². The number of nitrogens with one attached hydrogen (secondary N) is 1. The molecule has 0 radical (unpaired) electrons. The molecule has 0 atom stereocenters. The van der Waals surface area contributed by atoms with Gasteiger partial charge in [0.1, 0.15) is 5.75 Å². The quantitative estimate of drug-likeness (QED) is 0.608. The van der Waals surface area contributed by atoms with Crippen LogP contribution in [0.3, 0.4) is 0 Å². The van der Waals surface area contributed by atoms with Crippen LogP contribution in [-0.2, 0) is 9.63 Å². The van der Waals surface area contributed by atoms with Crippen molar-refractivity contribution in [1.29, 1.82) is 0 Å². The number of ether oxygens (including phenoxy) is 1. The summed E-state index contributed by atoms with van der Waals surface area (Å²) in [6, 6.07) is 12.7. The third kappa shape index (κ3) is 5.59. The summed E-state index contributed by atoms with van der Waals surface area (Å²) in [5.74, 6) is 0.512. The standard InChI is InChI=1S/C18H19ClN2O3/c1-3-23-16-7-4-14(5-8-16)11-20-24-12-18(22)21-17-9-6-15(19)10-13(17)2/h4-11H,3,12H2,1-2H3,(H,21,22)/b20-11+. The molecular weight excluding hydrogens is 328 g/mol. The van der Waals surface area contributed by atoms with E-state index in [1.54, 1.807) is 18.2 Å². The lowest BCUT2D eigenvalue weighted by Crippen LogP contribution is -2.17. The summed E-state index contributed by atoms with van der Waals surface area (Å²) >= 11 is 5.88. The van der Waals surface area contributed by atoms with Crippen LogP contribution in [-0.4, -0.2) is 25.3 Å². The van der Waals surface area contributed by atoms with E-state index in [0.717, 1.165) is 16.9 Å². The summed E-state index contributed by atoms with van der Waals surface area (Å²) in [6.45, 7) is 4.25. The first-order valence-corrected chi connectivity index (χ1v) is 7.90. The molecular formula is C18H19ClN2O3. The zero-order valence-electron chi connectivity index (χ0n) is 13.6. The van der Waals surface area contributed by atoms with E-state index in [9.17, 15) is 4.79 Å². The maximum atomic E-state index is 11.8. The summed E-state index contributed by atoms with van der Waals surface area (Å²) in [7, 11) is 0. The van der Waals surface area contributed by atoms with Gasteiger partial charge in [-0.3, -0.25) is 4.79 Å². The van der Waals surface area contributed by atoms with E-state index in [0.29, 0.717) is 17.3 Å². The van der Waals surface area contributed by atoms with Crippen LogP contribution >= 0.6 is 11.6 Å². The number of nitrogens with zero attached hydrogens (tertiary/aromatic N) is 1. The molecule has 0 aliphatic rings. The number of amides is 1. The van der Waals surface area contributed by atoms with Gasteiger partial charge in [0.2, 0.25) is 0 Å². The molecule has 5 nitrogen and oxygen atoms in total. The molecule has 0 fully saturated rings. The maximum absolute atomic E-state index is 11.8. The largest absolute Gasteiger partial charge is 0.494 e. The summed E-state index contributed by atoms with van der Waals surface area (Å²) < 4.78 is 5.35. The fourth-order valence-electron chi connectivity index (χ4n) is 1.96. The first kappa shape index (κ1) is 17.8. The number of aryl methyl sites for hydroxylation is 1. The van der Waals surface area contributed by atoms with E-state index >= 15 is 0 Å². The number of anilines is 1. The second-order valence-corrected chi connectivity index (χ2v) is 5.45. The Morgan fingerprint density at radius 1 is 1.25 bits per heavy atom. The van der Waals surface area contributed by atoms with Gasteiger partial charge in [-0.1, -0.05) is 16.8 Å². The average molecular weight is 347 g/mol. The minimum atomic E-state index is -0.288. The average Bonchev–Trinajstić information content (AvgIpc) is 2.56. The van der Waals surface area contributed by atoms with Gasteiger partial charge in [-0.2, -0.15) is 0 Å². The third-order valence-electron chi connectivity index (χ3n) is 3.13. The lowest BCUT2D eigenvalue weighted by atomic mass is 10.2. The molecule has 0 saturated carbocycles. The van der Waals surface area contributed by atoms with Crippen LogP contribution in [0.15, 0.2) is 47.6 Å². The van der Waals surface area contributed by atoms with Crippen molar-refractivity contribution in [2.24, 2.45) is 5.16 Å². The second-order valence-electron chi connectivity index (χ2n) is 5.02. The normalized spacial score (nSPS) is 10.6. The number of hydrogen-bond donors (Lipinski definition) is 1. The Morgan fingerprint density at radius 2 is 2.00 bits per heavy atom. The molecule has 0 saturated heterocycles. The van der Waals surface area contributed by atoms with Crippen molar-refractivity contribution in [2.75, 3.05) is 18.5 Å². The first-order chi connectivity index (χ1) is 11.6. The van der Waals surface area contributed by atoms with Crippen molar-refractivity contribution in [2.45, 2.75) is 13.8 Å². The van der Waals surface area contributed by atoms with E-state index in [1.165, 1.54) is 6.21 Å². The summed E-state index contributed by atoms with van der Waals surface area (Å²) in [5, 5.41) is 7.16. The monoisotopic (exact) mass is 346 g/mol. The molecule has 0 aliphatic carbocycles. The molecule has 24 heavy (non-hydrogen) atoms. The lowest BCUT2D eigenvalue weighted by molar-refractivity contribution is -0.120. The number of carbonyl (C=O) groups excluding carboxylic acids is 1. The molecule has 1 N–H and O–H groups in total. The zero-order chi connectivity index (χ0) is 17.4. The molecule has 0 heterocycles. The molecule has 2 rings (SSSR count). The number of benzene rings is 2. The number of carbonyl (C=O) groups is 1. The highest BCUT2D eigenvalue weighted by Gasteiger charge is 2.05. The Hall–Kier alpha value is -2.53. The Balaban J connectivity index is 1.79. The molecule has 0 aliphatic heterocycles. The fraction of sp³-hybridized carbons (Fsp3) is 0.222. The molecule has 2 aromatic rings. The number of oxime groups is 1. The molecule has 126 valence electrons. The molecule has 0 bridgehead atoms. The zero-order valence-corrected chi connectivity index (χ0v) is 14.3. The molecule has 6 heteroatoms. The van der Waals surface area contributed by atoms with Crippen molar-refractivity contribution in [3.05, 3.63) is 58.6 Å². The van der Waals surface area contributed by atoms with E-state index in [4.69, 9.17) is 21.2 Å². The topological polar surface area (TPSA) is 59.9 Å². The van der Waals surface area contributed by atoms with Crippen molar-refractivity contribution < 1.29 is 14.4 Å². The predicted octanol–water partition coefficient (Wildman–Crippen LogP) is 4.04. The maximum Gasteiger partial charge on any atom is 0.265 e. The van der Waals surface area contributed by atoms with Crippen LogP contribution in [0.4, 0.5) is 5.69 Å². The highest BCUT2D eigenvalue weighted by molar-refractivity contribution is 6.30. The number of halogens is 1. The molecule has 0 spiro atoms. The van der Waals surface area contributed by atoms with Crippen LogP contribution < -0.4 is 10.1 Å². The third-order valence-corrected chi connectivity index (χ3v) is 3.36. The predicted molar refractivity (Wildman–Crippen MR) is 96.0 cm³/mol. The Labute approximate surface area is 146 Å². The van der Waals surface area contributed by atoms with Gasteiger partial charge >= 0.3 is 0 Å². The molecule has 0 aromatic heterocycles. The van der Waals surface area contributed by atoms with Crippen molar-refractivity contribution in [3.8, 4) is 5.75 Å². The van der Waals surface area contributed by atoms with Crippen molar-refractivity contribution >= 4 is 29.4 Å². The van der Waals surface area contributed by atoms with Gasteiger partial charge in [0.25, 0.3) is 5.91 Å². The van der Waals surface area contributed by atoms with Crippen LogP contribution in [0.1, 0.15) is 18.1 Å². The van der Waals surface area contributed by atoms with E-state index in [1.807, 2.05) is 38.1 Å². The summed E-state index contributed by atoms with van der Waals surface area (Å²) in [5.41, 5.74) is 2.43. The molecule has 1 amide bonds. The Bertz CT molecular complexity index is 715. The Kier molecular flexibility index (Phi) is 6.63. The SMILES string of the molecule is CCOc1ccc(/C=N/OCC(=O)Nc2ccc(Cl)cc2C)cc1. The van der Waals surface area contributed by atoms with Crippen LogP contribution in [0.2, 0.25) is 5.02 Å². The lowest BCUT2D eigenvalue weighted by Gasteiger charge is -2.07. The van der Waals surface area contributed by atoms with Gasteiger partial charge in [-0.15, -0.1) is 0 Å². The van der Waals surface area contributed by atoms with Crippen LogP contribution in [0.5, 0.6) is 5.75 Å². The van der Waals surface area contributed by atoms with Gasteiger partial charge < -0.3 is 14.9 Å². The first-order valence-electron chi connectivity index (χ1n) is 7.52. The number of rotatable bonds is 7. The van der Waals surface area contributed by atoms with Gasteiger partial charge in [-0.05, 0) is 67.4 Å². The number of hydrogen-bond acceptors (Lipinski definition) is 4. The van der Waals surface area contributed by atoms with Crippen molar-refractivity contribution in [3.63, 3.8) is 0 Å². The van der Waals surface area contributed by atoms with Gasteiger partial charge in [0.15, 0.2) is 6.61 Å². The van der Waals surface area contributed by atoms with Gasteiger partial charge in [0.05, 0.1) is 12.8 Å². The highest BCUT2D eigenvalue weighted by atomic mass is 35.5. The fourth-order valence-corrected chi connectivity index (χ4v) is 2.19. The van der Waals surface area contributed by atoms with Gasteiger partial charge in [-0.25, -0.2) is 0 Å². The van der Waals surface area contributed by atoms with E-state index in [2.05, 4.69) is 10.5 Å².